The van der Waals surface area contributed by atoms with Crippen LogP contribution in [0.4, 0.5) is 5.69 Å². The van der Waals surface area contributed by atoms with E-state index in [0.717, 1.165) is 5.69 Å². The van der Waals surface area contributed by atoms with Gasteiger partial charge in [-0.15, -0.1) is 0 Å². The number of nitrogens with zero attached hydrogens (tertiary/aromatic N) is 1. The predicted octanol–water partition coefficient (Wildman–Crippen LogP) is 3.72. The minimum atomic E-state index is -0.101. The summed E-state index contributed by atoms with van der Waals surface area (Å²) in [4.78, 5) is 4.51. The summed E-state index contributed by atoms with van der Waals surface area (Å²) in [5.74, 6) is 1.68. The Morgan fingerprint density at radius 2 is 1.80 bits per heavy atom. The van der Waals surface area contributed by atoms with Crippen LogP contribution in [0.15, 0.2) is 47.5 Å². The van der Waals surface area contributed by atoms with Gasteiger partial charge in [0.1, 0.15) is 0 Å². The van der Waals surface area contributed by atoms with Gasteiger partial charge in [-0.1, -0.05) is 43.7 Å². The van der Waals surface area contributed by atoms with Gasteiger partial charge in [-0.3, -0.25) is 4.99 Å². The number of aliphatic imine (C=N–C) groups is 1. The van der Waals surface area contributed by atoms with Crippen LogP contribution in [0, 0.1) is 6.92 Å². The van der Waals surface area contributed by atoms with E-state index in [1.54, 1.807) is 14.2 Å². The first-order valence-electron chi connectivity index (χ1n) is 8.22. The predicted molar refractivity (Wildman–Crippen MR) is 104 cm³/mol. The minimum Gasteiger partial charge on any atom is -0.493 e. The Kier molecular flexibility index (Phi) is 5.91. The number of nitrogens with one attached hydrogen (secondary N) is 1. The summed E-state index contributed by atoms with van der Waals surface area (Å²) in [6, 6.07) is 14.0. The number of hydrogen-bond acceptors (Lipinski definition) is 3. The Balaban J connectivity index is 2.09. The molecule has 0 saturated carbocycles. The Morgan fingerprint density at radius 3 is 2.44 bits per heavy atom. The Labute approximate surface area is 149 Å². The van der Waals surface area contributed by atoms with E-state index in [1.165, 1.54) is 11.1 Å². The van der Waals surface area contributed by atoms with Crippen LogP contribution >= 0.6 is 0 Å². The molecule has 0 heterocycles. The smallest absolute Gasteiger partial charge is 0.193 e. The van der Waals surface area contributed by atoms with Gasteiger partial charge in [-0.05, 0) is 24.6 Å². The van der Waals surface area contributed by atoms with Gasteiger partial charge in [-0.2, -0.15) is 0 Å². The van der Waals surface area contributed by atoms with Crippen LogP contribution in [0.1, 0.15) is 25.0 Å². The zero-order chi connectivity index (χ0) is 18.4. The van der Waals surface area contributed by atoms with E-state index in [9.17, 15) is 0 Å². The quantitative estimate of drug-likeness (QED) is 0.621. The molecule has 0 aromatic heterocycles. The van der Waals surface area contributed by atoms with Crippen molar-refractivity contribution >= 4 is 11.6 Å². The first-order valence-corrected chi connectivity index (χ1v) is 8.22. The zero-order valence-corrected chi connectivity index (χ0v) is 15.6. The third kappa shape index (κ3) is 4.89. The summed E-state index contributed by atoms with van der Waals surface area (Å²) in [7, 11) is 3.21. The highest BCUT2D eigenvalue weighted by molar-refractivity contribution is 5.92. The Bertz CT molecular complexity index is 754. The minimum absolute atomic E-state index is 0.101. The first-order chi connectivity index (χ1) is 11.9. The fourth-order valence-electron chi connectivity index (χ4n) is 2.54. The van der Waals surface area contributed by atoms with Crippen LogP contribution in [-0.4, -0.2) is 26.7 Å². The molecule has 0 atom stereocenters. The number of aryl methyl sites for hydroxylation is 1. The van der Waals surface area contributed by atoms with Crippen LogP contribution in [0.3, 0.4) is 0 Å². The van der Waals surface area contributed by atoms with Gasteiger partial charge in [0, 0.05) is 17.2 Å². The molecule has 0 fully saturated rings. The number of guanidine groups is 1. The maximum atomic E-state index is 6.05. The summed E-state index contributed by atoms with van der Waals surface area (Å²) >= 11 is 0. The lowest BCUT2D eigenvalue weighted by molar-refractivity contribution is 0.355. The van der Waals surface area contributed by atoms with Crippen molar-refractivity contribution in [3.63, 3.8) is 0 Å². The number of nitrogens with two attached hydrogens (primary N) is 1. The van der Waals surface area contributed by atoms with Crippen molar-refractivity contribution in [3.05, 3.63) is 53.6 Å². The maximum absolute atomic E-state index is 6.05. The molecule has 0 unspecified atom stereocenters. The largest absolute Gasteiger partial charge is 0.493 e. The van der Waals surface area contributed by atoms with Crippen molar-refractivity contribution in [2.24, 2.45) is 10.7 Å². The second-order valence-corrected chi connectivity index (χ2v) is 6.65. The molecule has 0 saturated heterocycles. The molecule has 0 spiro atoms. The van der Waals surface area contributed by atoms with Gasteiger partial charge in [0.2, 0.25) is 0 Å². The molecule has 0 amide bonds. The average Bonchev–Trinajstić information content (AvgIpc) is 2.60. The van der Waals surface area contributed by atoms with E-state index >= 15 is 0 Å². The highest BCUT2D eigenvalue weighted by Gasteiger charge is 2.20. The van der Waals surface area contributed by atoms with Gasteiger partial charge in [0.15, 0.2) is 17.5 Å². The van der Waals surface area contributed by atoms with Crippen LogP contribution in [0.2, 0.25) is 0 Å². The van der Waals surface area contributed by atoms with Crippen LogP contribution in [0.5, 0.6) is 11.5 Å². The van der Waals surface area contributed by atoms with E-state index in [-0.39, 0.29) is 5.41 Å². The normalized spacial score (nSPS) is 12.0. The zero-order valence-electron chi connectivity index (χ0n) is 15.6. The molecule has 2 rings (SSSR count). The molecule has 25 heavy (non-hydrogen) atoms. The van der Waals surface area contributed by atoms with Crippen LogP contribution in [0.25, 0.3) is 0 Å². The lowest BCUT2D eigenvalue weighted by Gasteiger charge is -2.23. The molecule has 0 aliphatic rings. The summed E-state index contributed by atoms with van der Waals surface area (Å²) < 4.78 is 10.5. The topological polar surface area (TPSA) is 68.9 Å². The van der Waals surface area contributed by atoms with E-state index in [0.29, 0.717) is 24.0 Å². The van der Waals surface area contributed by atoms with Crippen molar-refractivity contribution in [2.75, 3.05) is 26.1 Å². The van der Waals surface area contributed by atoms with E-state index in [1.807, 2.05) is 18.2 Å². The van der Waals surface area contributed by atoms with Gasteiger partial charge < -0.3 is 20.5 Å². The third-order valence-electron chi connectivity index (χ3n) is 4.10. The standard InChI is InChI=1S/C20H27N3O2/c1-14-7-6-8-15(11-14)20(2,3)13-22-19(21)23-16-9-10-17(24-4)18(12-16)25-5/h6-12H,13H2,1-5H3,(H3,21,22,23). The summed E-state index contributed by atoms with van der Waals surface area (Å²) in [6.07, 6.45) is 0. The fourth-order valence-corrected chi connectivity index (χ4v) is 2.54. The van der Waals surface area contributed by atoms with Crippen molar-refractivity contribution in [1.29, 1.82) is 0 Å². The fraction of sp³-hybridized carbons (Fsp3) is 0.350. The van der Waals surface area contributed by atoms with E-state index < -0.39 is 0 Å². The monoisotopic (exact) mass is 341 g/mol. The van der Waals surface area contributed by atoms with E-state index in [2.05, 4.69) is 55.3 Å². The average molecular weight is 341 g/mol. The molecular formula is C20H27N3O2. The number of hydrogen-bond donors (Lipinski definition) is 2. The number of methoxy groups -OCH3 is 2. The molecule has 5 nitrogen and oxygen atoms in total. The van der Waals surface area contributed by atoms with Gasteiger partial charge >= 0.3 is 0 Å². The summed E-state index contributed by atoms with van der Waals surface area (Å²) in [6.45, 7) is 7.00. The molecule has 2 aromatic carbocycles. The number of anilines is 1. The molecule has 5 heteroatoms. The van der Waals surface area contributed by atoms with Crippen LogP contribution < -0.4 is 20.5 Å². The molecular weight excluding hydrogens is 314 g/mol. The van der Waals surface area contributed by atoms with Gasteiger partial charge in [-0.25, -0.2) is 0 Å². The molecule has 2 aromatic rings. The highest BCUT2D eigenvalue weighted by Crippen LogP contribution is 2.29. The molecule has 134 valence electrons. The molecule has 0 bridgehead atoms. The molecule has 0 radical (unpaired) electrons. The second-order valence-electron chi connectivity index (χ2n) is 6.65. The molecule has 3 N–H and O–H groups in total. The van der Waals surface area contributed by atoms with E-state index in [4.69, 9.17) is 15.2 Å². The maximum Gasteiger partial charge on any atom is 0.193 e. The van der Waals surface area contributed by atoms with Crippen molar-refractivity contribution < 1.29 is 9.47 Å². The van der Waals surface area contributed by atoms with Gasteiger partial charge in [0.05, 0.1) is 20.8 Å². The lowest BCUT2D eigenvalue weighted by Crippen LogP contribution is -2.27. The Morgan fingerprint density at radius 1 is 1.08 bits per heavy atom. The number of rotatable bonds is 6. The molecule has 0 aliphatic heterocycles. The Hall–Kier alpha value is -2.69. The third-order valence-corrected chi connectivity index (χ3v) is 4.10. The number of ether oxygens (including phenoxy) is 2. The summed E-state index contributed by atoms with van der Waals surface area (Å²) in [5.41, 5.74) is 9.23. The van der Waals surface area contributed by atoms with Gasteiger partial charge in [0.25, 0.3) is 0 Å². The second kappa shape index (κ2) is 7.92. The van der Waals surface area contributed by atoms with Crippen molar-refractivity contribution in [1.82, 2.24) is 0 Å². The molecule has 0 aliphatic carbocycles. The SMILES string of the molecule is COc1ccc(NC(N)=NCC(C)(C)c2cccc(C)c2)cc1OC. The first kappa shape index (κ1) is 18.6. The van der Waals surface area contributed by atoms with Crippen LogP contribution in [-0.2, 0) is 5.41 Å². The number of benzene rings is 2. The highest BCUT2D eigenvalue weighted by atomic mass is 16.5. The lowest BCUT2D eigenvalue weighted by atomic mass is 9.84. The summed E-state index contributed by atoms with van der Waals surface area (Å²) in [5, 5.41) is 3.10. The van der Waals surface area contributed by atoms with Crippen molar-refractivity contribution in [2.45, 2.75) is 26.2 Å². The van der Waals surface area contributed by atoms with Crippen molar-refractivity contribution in [3.8, 4) is 11.5 Å².